The number of nitrogens with one attached hydrogen (secondary N) is 1. The minimum absolute atomic E-state index is 0.188. The summed E-state index contributed by atoms with van der Waals surface area (Å²) in [6.07, 6.45) is 1.55. The Morgan fingerprint density at radius 1 is 1.22 bits per heavy atom. The molecule has 1 heterocycles. The molecule has 0 unspecified atom stereocenters. The summed E-state index contributed by atoms with van der Waals surface area (Å²) in [5, 5.41) is 11.0. The van der Waals surface area contributed by atoms with Crippen LogP contribution in [0.4, 0.5) is 8.78 Å². The topological polar surface area (TPSA) is 58.0 Å². The summed E-state index contributed by atoms with van der Waals surface area (Å²) in [6.45, 7) is -1.56. The molecule has 0 fully saturated rings. The fraction of sp³-hybridized carbons (Fsp3) is 0.333. The Morgan fingerprint density at radius 2 is 1.94 bits per heavy atom. The standard InChI is InChI=1S/C12H13F2N3O/c13-12(14,8-18)7-15-5-9-6-16-10-3-1-2-4-11(10)17-9/h1-4,6,15,18H,5,7-8H2. The highest BCUT2D eigenvalue weighted by molar-refractivity contribution is 5.73. The van der Waals surface area contributed by atoms with Crippen LogP contribution in [0.25, 0.3) is 11.0 Å². The van der Waals surface area contributed by atoms with Crippen molar-refractivity contribution in [2.24, 2.45) is 0 Å². The van der Waals surface area contributed by atoms with E-state index in [-0.39, 0.29) is 6.54 Å². The molecule has 96 valence electrons. The Hall–Kier alpha value is -1.66. The third-order valence-corrected chi connectivity index (χ3v) is 2.42. The first-order chi connectivity index (χ1) is 8.61. The van der Waals surface area contributed by atoms with E-state index in [9.17, 15) is 8.78 Å². The summed E-state index contributed by atoms with van der Waals surface area (Å²) in [6, 6.07) is 7.35. The van der Waals surface area contributed by atoms with Crippen molar-refractivity contribution < 1.29 is 13.9 Å². The van der Waals surface area contributed by atoms with Gasteiger partial charge in [0.15, 0.2) is 0 Å². The minimum Gasteiger partial charge on any atom is -0.390 e. The number of rotatable bonds is 5. The lowest BCUT2D eigenvalue weighted by atomic mass is 10.3. The maximum absolute atomic E-state index is 12.8. The van der Waals surface area contributed by atoms with Gasteiger partial charge in [0.25, 0.3) is 5.92 Å². The predicted octanol–water partition coefficient (Wildman–Crippen LogP) is 1.35. The molecule has 0 aliphatic carbocycles. The van der Waals surface area contributed by atoms with E-state index in [1.54, 1.807) is 6.20 Å². The summed E-state index contributed by atoms with van der Waals surface area (Å²) in [7, 11) is 0. The molecular formula is C12H13F2N3O. The van der Waals surface area contributed by atoms with Crippen molar-refractivity contribution in [1.82, 2.24) is 15.3 Å². The number of hydrogen-bond acceptors (Lipinski definition) is 4. The van der Waals surface area contributed by atoms with Gasteiger partial charge < -0.3 is 10.4 Å². The molecule has 6 heteroatoms. The number of aliphatic hydroxyl groups is 1. The second kappa shape index (κ2) is 5.32. The Bertz CT molecular complexity index is 533. The van der Waals surface area contributed by atoms with Crippen LogP contribution in [0, 0.1) is 0 Å². The van der Waals surface area contributed by atoms with Crippen LogP contribution in [-0.4, -0.2) is 34.1 Å². The molecular weight excluding hydrogens is 240 g/mol. The fourth-order valence-electron chi connectivity index (χ4n) is 1.51. The van der Waals surface area contributed by atoms with Gasteiger partial charge in [-0.3, -0.25) is 4.98 Å². The van der Waals surface area contributed by atoms with Gasteiger partial charge in [0.1, 0.15) is 6.61 Å². The number of fused-ring (bicyclic) bond motifs is 1. The SMILES string of the molecule is OCC(F)(F)CNCc1cnc2ccccc2n1. The number of aliphatic hydroxyl groups excluding tert-OH is 1. The summed E-state index contributed by atoms with van der Waals surface area (Å²) in [5.41, 5.74) is 2.08. The van der Waals surface area contributed by atoms with E-state index >= 15 is 0 Å². The highest BCUT2D eigenvalue weighted by Crippen LogP contribution is 2.11. The molecule has 0 spiro atoms. The normalized spacial score (nSPS) is 11.9. The van der Waals surface area contributed by atoms with Crippen molar-refractivity contribution in [1.29, 1.82) is 0 Å². The minimum atomic E-state index is -3.11. The first kappa shape index (κ1) is 12.8. The molecule has 0 radical (unpaired) electrons. The highest BCUT2D eigenvalue weighted by Gasteiger charge is 2.26. The van der Waals surface area contributed by atoms with Gasteiger partial charge in [-0.15, -0.1) is 0 Å². The lowest BCUT2D eigenvalue weighted by Gasteiger charge is -2.13. The van der Waals surface area contributed by atoms with E-state index in [1.165, 1.54) is 0 Å². The summed E-state index contributed by atoms with van der Waals surface area (Å²) in [5.74, 6) is -3.11. The number of nitrogens with zero attached hydrogens (tertiary/aromatic N) is 2. The van der Waals surface area contributed by atoms with E-state index in [0.29, 0.717) is 5.69 Å². The average Bonchev–Trinajstić information content (AvgIpc) is 2.38. The Kier molecular flexibility index (Phi) is 3.78. The zero-order valence-corrected chi connectivity index (χ0v) is 9.61. The molecule has 0 bridgehead atoms. The van der Waals surface area contributed by atoms with Gasteiger partial charge in [-0.1, -0.05) is 12.1 Å². The van der Waals surface area contributed by atoms with Crippen molar-refractivity contribution in [2.75, 3.05) is 13.2 Å². The molecule has 18 heavy (non-hydrogen) atoms. The summed E-state index contributed by atoms with van der Waals surface area (Å²) in [4.78, 5) is 8.47. The maximum Gasteiger partial charge on any atom is 0.282 e. The zero-order valence-electron chi connectivity index (χ0n) is 9.61. The zero-order chi connectivity index (χ0) is 13.0. The van der Waals surface area contributed by atoms with Gasteiger partial charge in [-0.25, -0.2) is 13.8 Å². The van der Waals surface area contributed by atoms with Crippen molar-refractivity contribution in [3.05, 3.63) is 36.2 Å². The number of halogens is 2. The molecule has 0 saturated carbocycles. The van der Waals surface area contributed by atoms with E-state index in [1.807, 2.05) is 24.3 Å². The molecule has 2 aromatic rings. The molecule has 0 aliphatic rings. The molecule has 1 aromatic carbocycles. The van der Waals surface area contributed by atoms with Crippen LogP contribution in [-0.2, 0) is 6.54 Å². The second-order valence-corrected chi connectivity index (χ2v) is 3.97. The lowest BCUT2D eigenvalue weighted by Crippen LogP contribution is -2.35. The third kappa shape index (κ3) is 3.18. The van der Waals surface area contributed by atoms with Gasteiger partial charge >= 0.3 is 0 Å². The number of hydrogen-bond donors (Lipinski definition) is 2. The number of alkyl halides is 2. The average molecular weight is 253 g/mol. The van der Waals surface area contributed by atoms with Crippen molar-refractivity contribution >= 4 is 11.0 Å². The molecule has 0 atom stereocenters. The van der Waals surface area contributed by atoms with Gasteiger partial charge in [-0.2, -0.15) is 0 Å². The van der Waals surface area contributed by atoms with Crippen LogP contribution in [0.3, 0.4) is 0 Å². The van der Waals surface area contributed by atoms with E-state index < -0.39 is 19.1 Å². The number of benzene rings is 1. The van der Waals surface area contributed by atoms with Crippen LogP contribution < -0.4 is 5.32 Å². The molecule has 0 aliphatic heterocycles. The third-order valence-electron chi connectivity index (χ3n) is 2.42. The van der Waals surface area contributed by atoms with Crippen LogP contribution in [0.15, 0.2) is 30.5 Å². The van der Waals surface area contributed by atoms with Crippen LogP contribution >= 0.6 is 0 Å². The largest absolute Gasteiger partial charge is 0.390 e. The second-order valence-electron chi connectivity index (χ2n) is 3.97. The predicted molar refractivity (Wildman–Crippen MR) is 63.3 cm³/mol. The van der Waals surface area contributed by atoms with Crippen LogP contribution in [0.5, 0.6) is 0 Å². The van der Waals surface area contributed by atoms with Gasteiger partial charge in [0, 0.05) is 6.54 Å². The first-order valence-corrected chi connectivity index (χ1v) is 5.51. The molecule has 1 aromatic heterocycles. The Labute approximate surface area is 103 Å². The molecule has 2 N–H and O–H groups in total. The Morgan fingerprint density at radius 3 is 2.67 bits per heavy atom. The molecule has 2 rings (SSSR count). The fourth-order valence-corrected chi connectivity index (χ4v) is 1.51. The van der Waals surface area contributed by atoms with Crippen LogP contribution in [0.2, 0.25) is 0 Å². The number of para-hydroxylation sites is 2. The monoisotopic (exact) mass is 253 g/mol. The quantitative estimate of drug-likeness (QED) is 0.844. The van der Waals surface area contributed by atoms with Crippen LogP contribution in [0.1, 0.15) is 5.69 Å². The molecule has 4 nitrogen and oxygen atoms in total. The smallest absolute Gasteiger partial charge is 0.282 e. The van der Waals surface area contributed by atoms with Crippen molar-refractivity contribution in [3.63, 3.8) is 0 Å². The lowest BCUT2D eigenvalue weighted by molar-refractivity contribution is -0.0478. The highest BCUT2D eigenvalue weighted by atomic mass is 19.3. The first-order valence-electron chi connectivity index (χ1n) is 5.51. The summed E-state index contributed by atoms with van der Waals surface area (Å²) >= 11 is 0. The van der Waals surface area contributed by atoms with Crippen molar-refractivity contribution in [2.45, 2.75) is 12.5 Å². The van der Waals surface area contributed by atoms with E-state index in [2.05, 4.69) is 15.3 Å². The van der Waals surface area contributed by atoms with E-state index in [0.717, 1.165) is 11.0 Å². The number of aromatic nitrogens is 2. The maximum atomic E-state index is 12.8. The van der Waals surface area contributed by atoms with Gasteiger partial charge in [-0.05, 0) is 12.1 Å². The molecule has 0 saturated heterocycles. The summed E-state index contributed by atoms with van der Waals surface area (Å²) < 4.78 is 25.5. The Balaban J connectivity index is 2.00. The van der Waals surface area contributed by atoms with Gasteiger partial charge in [0.05, 0.1) is 29.5 Å². The van der Waals surface area contributed by atoms with Gasteiger partial charge in [0.2, 0.25) is 0 Å². The molecule has 0 amide bonds. The van der Waals surface area contributed by atoms with E-state index in [4.69, 9.17) is 5.11 Å². The van der Waals surface area contributed by atoms with Crippen molar-refractivity contribution in [3.8, 4) is 0 Å².